The lowest BCUT2D eigenvalue weighted by molar-refractivity contribution is 0.100. The average molecular weight is 341 g/mol. The van der Waals surface area contributed by atoms with Gasteiger partial charge in [0.1, 0.15) is 5.75 Å². The van der Waals surface area contributed by atoms with Gasteiger partial charge in [-0.05, 0) is 24.3 Å². The molecule has 0 aliphatic rings. The minimum Gasteiger partial charge on any atom is -0.495 e. The lowest BCUT2D eigenvalue weighted by atomic mass is 10.2. The van der Waals surface area contributed by atoms with E-state index in [1.165, 1.54) is 37.4 Å². The summed E-state index contributed by atoms with van der Waals surface area (Å²) in [6.07, 6.45) is 0. The highest BCUT2D eigenvalue weighted by atomic mass is 35.5. The van der Waals surface area contributed by atoms with Gasteiger partial charge in [-0.25, -0.2) is 8.42 Å². The molecule has 1 amide bonds. The number of hydrogen-bond acceptors (Lipinski definition) is 4. The molecule has 0 bridgehead atoms. The third kappa shape index (κ3) is 3.32. The average Bonchev–Trinajstić information content (AvgIpc) is 2.47. The second kappa shape index (κ2) is 6.25. The van der Waals surface area contributed by atoms with Crippen molar-refractivity contribution in [2.24, 2.45) is 5.73 Å². The zero-order chi connectivity index (χ0) is 16.3. The largest absolute Gasteiger partial charge is 0.495 e. The number of ether oxygens (including phenoxy) is 1. The Morgan fingerprint density at radius 1 is 1.23 bits per heavy atom. The van der Waals surface area contributed by atoms with E-state index in [1.807, 2.05) is 0 Å². The van der Waals surface area contributed by atoms with Gasteiger partial charge in [-0.15, -0.1) is 0 Å². The zero-order valence-electron chi connectivity index (χ0n) is 11.5. The molecule has 2 aromatic rings. The monoisotopic (exact) mass is 340 g/mol. The topological polar surface area (TPSA) is 98.5 Å². The fourth-order valence-corrected chi connectivity index (χ4v) is 3.09. The van der Waals surface area contributed by atoms with Crippen molar-refractivity contribution in [3.05, 3.63) is 53.1 Å². The van der Waals surface area contributed by atoms with Crippen LogP contribution in [0.1, 0.15) is 10.4 Å². The van der Waals surface area contributed by atoms with Gasteiger partial charge in [0, 0.05) is 6.07 Å². The minimum absolute atomic E-state index is 0.0481. The number of methoxy groups -OCH3 is 1. The Kier molecular flexibility index (Phi) is 4.58. The predicted octanol–water partition coefficient (Wildman–Crippen LogP) is 2.25. The molecule has 3 N–H and O–H groups in total. The number of nitrogens with two attached hydrogens (primary N) is 1. The number of rotatable bonds is 5. The molecule has 0 saturated heterocycles. The Morgan fingerprint density at radius 2 is 1.91 bits per heavy atom. The number of halogens is 1. The molecule has 6 nitrogen and oxygen atoms in total. The molecular weight excluding hydrogens is 328 g/mol. The van der Waals surface area contributed by atoms with Crippen molar-refractivity contribution in [1.29, 1.82) is 0 Å². The molecule has 0 spiro atoms. The summed E-state index contributed by atoms with van der Waals surface area (Å²) in [5.74, 6) is -0.500. The van der Waals surface area contributed by atoms with E-state index in [9.17, 15) is 13.2 Å². The normalized spacial score (nSPS) is 11.0. The Labute approximate surface area is 132 Å². The first-order valence-electron chi connectivity index (χ1n) is 6.10. The highest BCUT2D eigenvalue weighted by Gasteiger charge is 2.19. The zero-order valence-corrected chi connectivity index (χ0v) is 13.1. The Hall–Kier alpha value is -2.25. The van der Waals surface area contributed by atoms with Crippen LogP contribution in [-0.4, -0.2) is 21.4 Å². The van der Waals surface area contributed by atoms with E-state index in [1.54, 1.807) is 12.1 Å². The highest BCUT2D eigenvalue weighted by molar-refractivity contribution is 7.92. The summed E-state index contributed by atoms with van der Waals surface area (Å²) < 4.78 is 32.1. The minimum atomic E-state index is -3.92. The summed E-state index contributed by atoms with van der Waals surface area (Å²) in [6.45, 7) is 0. The van der Waals surface area contributed by atoms with Crippen molar-refractivity contribution in [1.82, 2.24) is 0 Å². The van der Waals surface area contributed by atoms with E-state index in [4.69, 9.17) is 22.1 Å². The van der Waals surface area contributed by atoms with E-state index in [-0.39, 0.29) is 21.9 Å². The van der Waals surface area contributed by atoms with Crippen LogP contribution in [0.3, 0.4) is 0 Å². The third-order valence-electron chi connectivity index (χ3n) is 2.87. The van der Waals surface area contributed by atoms with Crippen molar-refractivity contribution in [3.8, 4) is 5.75 Å². The molecule has 0 radical (unpaired) electrons. The summed E-state index contributed by atoms with van der Waals surface area (Å²) in [7, 11) is -2.53. The molecule has 0 aromatic heterocycles. The van der Waals surface area contributed by atoms with Crippen molar-refractivity contribution in [2.75, 3.05) is 11.8 Å². The number of hydrogen-bond donors (Lipinski definition) is 2. The number of carbonyl (C=O) groups is 1. The van der Waals surface area contributed by atoms with Gasteiger partial charge in [-0.2, -0.15) is 0 Å². The quantitative estimate of drug-likeness (QED) is 0.872. The van der Waals surface area contributed by atoms with Crippen LogP contribution >= 0.6 is 11.6 Å². The van der Waals surface area contributed by atoms with E-state index in [2.05, 4.69) is 4.72 Å². The van der Waals surface area contributed by atoms with Crippen molar-refractivity contribution in [2.45, 2.75) is 4.90 Å². The Bertz CT molecular complexity index is 821. The maximum Gasteiger partial charge on any atom is 0.262 e. The van der Waals surface area contributed by atoms with Crippen LogP contribution in [0.5, 0.6) is 5.75 Å². The van der Waals surface area contributed by atoms with Crippen LogP contribution in [0.4, 0.5) is 5.69 Å². The van der Waals surface area contributed by atoms with E-state index in [0.717, 1.165) is 0 Å². The van der Waals surface area contributed by atoms with Crippen molar-refractivity contribution < 1.29 is 17.9 Å². The SMILES string of the molecule is COc1cc(S(=O)(=O)Nc2ccccc2C(N)=O)ccc1Cl. The van der Waals surface area contributed by atoms with Gasteiger partial charge in [-0.3, -0.25) is 9.52 Å². The van der Waals surface area contributed by atoms with Crippen molar-refractivity contribution in [3.63, 3.8) is 0 Å². The second-order valence-electron chi connectivity index (χ2n) is 4.31. The van der Waals surface area contributed by atoms with Gasteiger partial charge in [0.05, 0.1) is 28.3 Å². The summed E-state index contributed by atoms with van der Waals surface area (Å²) in [5.41, 5.74) is 5.40. The van der Waals surface area contributed by atoms with Gasteiger partial charge in [-0.1, -0.05) is 23.7 Å². The molecule has 8 heteroatoms. The molecule has 0 fully saturated rings. The van der Waals surface area contributed by atoms with Gasteiger partial charge >= 0.3 is 0 Å². The smallest absolute Gasteiger partial charge is 0.262 e. The van der Waals surface area contributed by atoms with Gasteiger partial charge < -0.3 is 10.5 Å². The third-order valence-corrected chi connectivity index (χ3v) is 4.55. The molecule has 0 aliphatic heterocycles. The number of sulfonamides is 1. The number of para-hydroxylation sites is 1. The first-order chi connectivity index (χ1) is 10.3. The van der Waals surface area contributed by atoms with Crippen LogP contribution in [0.25, 0.3) is 0 Å². The first-order valence-corrected chi connectivity index (χ1v) is 7.96. The van der Waals surface area contributed by atoms with Crippen LogP contribution in [0, 0.1) is 0 Å². The van der Waals surface area contributed by atoms with Gasteiger partial charge in [0.2, 0.25) is 0 Å². The summed E-state index contributed by atoms with van der Waals surface area (Å²) in [5, 5.41) is 0.291. The lowest BCUT2D eigenvalue weighted by Gasteiger charge is -2.12. The highest BCUT2D eigenvalue weighted by Crippen LogP contribution is 2.28. The number of carbonyl (C=O) groups excluding carboxylic acids is 1. The summed E-state index contributed by atoms with van der Waals surface area (Å²) in [6, 6.07) is 10.1. The van der Waals surface area contributed by atoms with Crippen LogP contribution in [0.15, 0.2) is 47.4 Å². The molecule has 2 aromatic carbocycles. The standard InChI is InChI=1S/C14H13ClN2O4S/c1-21-13-8-9(6-7-11(13)15)22(19,20)17-12-5-3-2-4-10(12)14(16)18/h2-8,17H,1H3,(H2,16,18). The number of primary amides is 1. The first kappa shape index (κ1) is 16.1. The van der Waals surface area contributed by atoms with Gasteiger partial charge in [0.15, 0.2) is 0 Å². The van der Waals surface area contributed by atoms with Crippen LogP contribution in [0.2, 0.25) is 5.02 Å². The molecule has 0 heterocycles. The molecular formula is C14H13ClN2O4S. The van der Waals surface area contributed by atoms with E-state index >= 15 is 0 Å². The van der Waals surface area contributed by atoms with Crippen LogP contribution < -0.4 is 15.2 Å². The Morgan fingerprint density at radius 3 is 2.55 bits per heavy atom. The number of nitrogens with one attached hydrogen (secondary N) is 1. The molecule has 0 saturated carbocycles. The molecule has 0 unspecified atom stereocenters. The fraction of sp³-hybridized carbons (Fsp3) is 0.0714. The molecule has 0 atom stereocenters. The molecule has 2 rings (SSSR count). The van der Waals surface area contributed by atoms with Crippen molar-refractivity contribution >= 4 is 33.2 Å². The maximum absolute atomic E-state index is 12.4. The van der Waals surface area contributed by atoms with E-state index in [0.29, 0.717) is 5.02 Å². The predicted molar refractivity (Wildman–Crippen MR) is 83.8 cm³/mol. The maximum atomic E-state index is 12.4. The summed E-state index contributed by atoms with van der Waals surface area (Å²) >= 11 is 5.87. The summed E-state index contributed by atoms with van der Waals surface area (Å²) in [4.78, 5) is 11.3. The number of anilines is 1. The lowest BCUT2D eigenvalue weighted by Crippen LogP contribution is -2.18. The van der Waals surface area contributed by atoms with Crippen LogP contribution in [-0.2, 0) is 10.0 Å². The molecule has 22 heavy (non-hydrogen) atoms. The van der Waals surface area contributed by atoms with Gasteiger partial charge in [0.25, 0.3) is 15.9 Å². The second-order valence-corrected chi connectivity index (χ2v) is 6.40. The Balaban J connectivity index is 2.43. The fourth-order valence-electron chi connectivity index (χ4n) is 1.80. The van der Waals surface area contributed by atoms with E-state index < -0.39 is 15.9 Å². The number of amides is 1. The molecule has 0 aliphatic carbocycles. The number of benzene rings is 2. The molecule has 116 valence electrons.